The Morgan fingerprint density at radius 2 is 1.50 bits per heavy atom. The normalized spacial score (nSPS) is 12.0. The summed E-state index contributed by atoms with van der Waals surface area (Å²) in [7, 11) is 6.75. The zero-order valence-corrected chi connectivity index (χ0v) is 5.86. The first-order chi connectivity index (χ1) is 2.56. The van der Waals surface area contributed by atoms with Crippen molar-refractivity contribution in [3.05, 3.63) is 0 Å². The van der Waals surface area contributed by atoms with Gasteiger partial charge in [0.15, 0.2) is 0 Å². The van der Waals surface area contributed by atoms with E-state index in [0.29, 0.717) is 0 Å². The van der Waals surface area contributed by atoms with E-state index in [9.17, 15) is 0 Å². The Balaban J connectivity index is 3.17. The van der Waals surface area contributed by atoms with Crippen molar-refractivity contribution in [3.8, 4) is 0 Å². The topological polar surface area (TPSA) is 0 Å². The van der Waals surface area contributed by atoms with E-state index in [-0.39, 0.29) is 4.75 Å². The Labute approximate surface area is 47.8 Å². The average Bonchev–Trinajstić information content (AvgIpc) is 1.35. The SMILES string of the molecule is CC(C)(C)SCl. The molecule has 0 bridgehead atoms. The van der Waals surface area contributed by atoms with Crippen LogP contribution in [-0.4, -0.2) is 4.75 Å². The molecule has 0 atom stereocenters. The lowest BCUT2D eigenvalue weighted by molar-refractivity contribution is 0.810. The minimum Gasteiger partial charge on any atom is -0.0498 e. The van der Waals surface area contributed by atoms with Gasteiger partial charge < -0.3 is 0 Å². The molecule has 0 amide bonds. The van der Waals surface area contributed by atoms with Crippen molar-refractivity contribution < 1.29 is 0 Å². The standard InChI is InChI=1S/C4H9ClS/c1-4(2,3)6-5/h1-3H3. The Bertz CT molecular complexity index is 37.3. The number of rotatable bonds is 0. The number of hydrogen-bond acceptors (Lipinski definition) is 1. The maximum atomic E-state index is 5.39. The van der Waals surface area contributed by atoms with Crippen LogP contribution in [0.1, 0.15) is 20.8 Å². The van der Waals surface area contributed by atoms with Gasteiger partial charge in [0.2, 0.25) is 0 Å². The van der Waals surface area contributed by atoms with Gasteiger partial charge in [-0.2, -0.15) is 0 Å². The van der Waals surface area contributed by atoms with Crippen molar-refractivity contribution in [3.63, 3.8) is 0 Å². The fourth-order valence-corrected chi connectivity index (χ4v) is 0. The summed E-state index contributed by atoms with van der Waals surface area (Å²) in [4.78, 5) is 0. The minimum absolute atomic E-state index is 0.224. The van der Waals surface area contributed by atoms with E-state index in [1.807, 2.05) is 0 Å². The molecule has 0 saturated heterocycles. The predicted octanol–water partition coefficient (Wildman–Crippen LogP) is 2.67. The van der Waals surface area contributed by atoms with Crippen LogP contribution in [-0.2, 0) is 0 Å². The van der Waals surface area contributed by atoms with E-state index >= 15 is 0 Å². The third-order valence-electron chi connectivity index (χ3n) is 0.231. The van der Waals surface area contributed by atoms with Crippen LogP contribution < -0.4 is 0 Å². The van der Waals surface area contributed by atoms with Crippen molar-refractivity contribution in [2.24, 2.45) is 0 Å². The monoisotopic (exact) mass is 124 g/mol. The molecule has 6 heavy (non-hydrogen) atoms. The second-order valence-electron chi connectivity index (χ2n) is 2.19. The van der Waals surface area contributed by atoms with E-state index in [1.165, 1.54) is 11.0 Å². The smallest absolute Gasteiger partial charge is 0.0227 e. The summed E-state index contributed by atoms with van der Waals surface area (Å²) in [5.41, 5.74) is 0. The Hall–Kier alpha value is 0.640. The Kier molecular flexibility index (Phi) is 2.30. The highest BCUT2D eigenvalue weighted by Crippen LogP contribution is 2.26. The molecule has 2 heteroatoms. The van der Waals surface area contributed by atoms with Gasteiger partial charge in [0, 0.05) is 4.75 Å². The van der Waals surface area contributed by atoms with E-state index in [4.69, 9.17) is 10.7 Å². The summed E-state index contributed by atoms with van der Waals surface area (Å²) in [5.74, 6) is 0. The van der Waals surface area contributed by atoms with Crippen molar-refractivity contribution in [2.75, 3.05) is 0 Å². The summed E-state index contributed by atoms with van der Waals surface area (Å²) in [6.07, 6.45) is 0. The maximum absolute atomic E-state index is 5.39. The second-order valence-corrected chi connectivity index (χ2v) is 4.03. The molecule has 0 radical (unpaired) electrons. The Morgan fingerprint density at radius 1 is 1.33 bits per heavy atom. The van der Waals surface area contributed by atoms with Crippen LogP contribution >= 0.6 is 21.7 Å². The third-order valence-corrected chi connectivity index (χ3v) is 2.08. The van der Waals surface area contributed by atoms with E-state index in [2.05, 4.69) is 20.8 Å². The highest BCUT2D eigenvalue weighted by atomic mass is 35.7. The molecule has 0 aromatic carbocycles. The molecule has 0 unspecified atom stereocenters. The van der Waals surface area contributed by atoms with Gasteiger partial charge in [0.1, 0.15) is 0 Å². The summed E-state index contributed by atoms with van der Waals surface area (Å²) in [6, 6.07) is 0. The first-order valence-corrected chi connectivity index (χ1v) is 3.50. The summed E-state index contributed by atoms with van der Waals surface area (Å²) in [5, 5.41) is 0. The fourth-order valence-electron chi connectivity index (χ4n) is 0. The molecule has 0 aliphatic carbocycles. The molecule has 0 N–H and O–H groups in total. The largest absolute Gasteiger partial charge is 0.0498 e. The van der Waals surface area contributed by atoms with Crippen molar-refractivity contribution in [1.29, 1.82) is 0 Å². The van der Waals surface area contributed by atoms with Gasteiger partial charge in [0.25, 0.3) is 0 Å². The lowest BCUT2D eigenvalue weighted by Gasteiger charge is -2.09. The fraction of sp³-hybridized carbons (Fsp3) is 1.00. The minimum atomic E-state index is 0.224. The molecule has 0 aromatic heterocycles. The highest BCUT2D eigenvalue weighted by molar-refractivity contribution is 8.22. The summed E-state index contributed by atoms with van der Waals surface area (Å²) < 4.78 is 0.224. The van der Waals surface area contributed by atoms with Gasteiger partial charge in [-0.25, -0.2) is 0 Å². The van der Waals surface area contributed by atoms with Crippen LogP contribution in [0.15, 0.2) is 0 Å². The number of hydrogen-bond donors (Lipinski definition) is 0. The van der Waals surface area contributed by atoms with E-state index in [1.54, 1.807) is 0 Å². The van der Waals surface area contributed by atoms with Crippen LogP contribution in [0.5, 0.6) is 0 Å². The highest BCUT2D eigenvalue weighted by Gasteiger charge is 2.06. The molecule has 0 aliphatic heterocycles. The van der Waals surface area contributed by atoms with Crippen LogP contribution in [0.2, 0.25) is 0 Å². The average molecular weight is 125 g/mol. The Morgan fingerprint density at radius 3 is 1.50 bits per heavy atom. The van der Waals surface area contributed by atoms with Crippen LogP contribution in [0.25, 0.3) is 0 Å². The van der Waals surface area contributed by atoms with Gasteiger partial charge in [0.05, 0.1) is 0 Å². The molecule has 0 fully saturated rings. The second kappa shape index (κ2) is 2.08. The number of halogens is 1. The molecule has 0 rings (SSSR count). The zero-order valence-electron chi connectivity index (χ0n) is 4.29. The first-order valence-electron chi connectivity index (χ1n) is 1.86. The van der Waals surface area contributed by atoms with E-state index in [0.717, 1.165) is 0 Å². The van der Waals surface area contributed by atoms with Crippen LogP contribution in [0.3, 0.4) is 0 Å². The summed E-state index contributed by atoms with van der Waals surface area (Å²) in [6.45, 7) is 6.22. The molecule has 0 spiro atoms. The molecular formula is C4H9ClS. The van der Waals surface area contributed by atoms with Crippen LogP contribution in [0, 0.1) is 0 Å². The van der Waals surface area contributed by atoms with Gasteiger partial charge >= 0.3 is 0 Å². The lowest BCUT2D eigenvalue weighted by atomic mass is 10.3. The molecular weight excluding hydrogens is 116 g/mol. The molecule has 0 heterocycles. The quantitative estimate of drug-likeness (QED) is 0.479. The van der Waals surface area contributed by atoms with Gasteiger partial charge in [-0.3, -0.25) is 0 Å². The van der Waals surface area contributed by atoms with E-state index < -0.39 is 0 Å². The van der Waals surface area contributed by atoms with Gasteiger partial charge in [-0.05, 0) is 42.4 Å². The van der Waals surface area contributed by atoms with Crippen molar-refractivity contribution in [1.82, 2.24) is 0 Å². The summed E-state index contributed by atoms with van der Waals surface area (Å²) >= 11 is 0. The van der Waals surface area contributed by atoms with Crippen molar-refractivity contribution >= 4 is 21.7 Å². The first kappa shape index (κ1) is 6.64. The molecule has 0 nitrogen and oxygen atoms in total. The molecule has 0 aliphatic rings. The third kappa shape index (κ3) is 4.64. The zero-order chi connectivity index (χ0) is 5.21. The lowest BCUT2D eigenvalue weighted by Crippen LogP contribution is -2.02. The van der Waals surface area contributed by atoms with Gasteiger partial charge in [-0.1, -0.05) is 0 Å². The predicted molar refractivity (Wildman–Crippen MR) is 33.2 cm³/mol. The van der Waals surface area contributed by atoms with Crippen LogP contribution in [0.4, 0.5) is 0 Å². The molecule has 0 aromatic rings. The van der Waals surface area contributed by atoms with Gasteiger partial charge in [-0.15, -0.1) is 0 Å². The maximum Gasteiger partial charge on any atom is 0.0227 e. The molecule has 0 saturated carbocycles. The molecule has 38 valence electrons. The van der Waals surface area contributed by atoms with Crippen molar-refractivity contribution in [2.45, 2.75) is 25.5 Å².